The summed E-state index contributed by atoms with van der Waals surface area (Å²) in [4.78, 5) is 4.22. The minimum absolute atomic E-state index is 0.749. The van der Waals surface area contributed by atoms with E-state index < -0.39 is 0 Å². The number of allylic oxidation sites excluding steroid dienone is 1. The molecule has 1 aromatic heterocycles. The molecular weight excluding hydrogens is 252 g/mol. The van der Waals surface area contributed by atoms with Gasteiger partial charge in [0.05, 0.1) is 0 Å². The van der Waals surface area contributed by atoms with Gasteiger partial charge < -0.3 is 5.32 Å². The van der Waals surface area contributed by atoms with Gasteiger partial charge in [0, 0.05) is 23.4 Å². The third kappa shape index (κ3) is 1.74. The largest absolute Gasteiger partial charge is 0.316 e. The van der Waals surface area contributed by atoms with Crippen molar-refractivity contribution in [3.8, 4) is 0 Å². The zero-order valence-electron chi connectivity index (χ0n) is 8.41. The van der Waals surface area contributed by atoms with Gasteiger partial charge in [-0.25, -0.2) is 0 Å². The molecule has 2 heterocycles. The molecule has 1 fully saturated rings. The van der Waals surface area contributed by atoms with Crippen molar-refractivity contribution >= 4 is 21.5 Å². The number of pyridine rings is 1. The molecule has 15 heavy (non-hydrogen) atoms. The maximum absolute atomic E-state index is 4.22. The van der Waals surface area contributed by atoms with Gasteiger partial charge >= 0.3 is 0 Å². The highest BCUT2D eigenvalue weighted by molar-refractivity contribution is 9.10. The molecule has 1 aliphatic heterocycles. The fourth-order valence-corrected chi connectivity index (χ4v) is 2.95. The van der Waals surface area contributed by atoms with Crippen LogP contribution in [0, 0.1) is 11.8 Å². The van der Waals surface area contributed by atoms with E-state index in [1.54, 1.807) is 0 Å². The van der Waals surface area contributed by atoms with Crippen molar-refractivity contribution in [2.75, 3.05) is 13.1 Å². The van der Waals surface area contributed by atoms with Gasteiger partial charge in [-0.15, -0.1) is 0 Å². The van der Waals surface area contributed by atoms with Crippen molar-refractivity contribution in [2.45, 2.75) is 6.42 Å². The third-order valence-electron chi connectivity index (χ3n) is 3.37. The summed E-state index contributed by atoms with van der Waals surface area (Å²) in [6.07, 6.45) is 7.43. The molecule has 0 spiro atoms. The topological polar surface area (TPSA) is 24.9 Å². The molecule has 0 aromatic carbocycles. The van der Waals surface area contributed by atoms with Gasteiger partial charge in [-0.05, 0) is 57.9 Å². The van der Waals surface area contributed by atoms with Gasteiger partial charge in [-0.2, -0.15) is 0 Å². The minimum Gasteiger partial charge on any atom is -0.316 e. The summed E-state index contributed by atoms with van der Waals surface area (Å²) in [5, 5.41) is 3.44. The van der Waals surface area contributed by atoms with E-state index >= 15 is 0 Å². The normalized spacial score (nSPS) is 29.0. The molecule has 2 nitrogen and oxygen atoms in total. The highest BCUT2D eigenvalue weighted by Crippen LogP contribution is 2.38. The van der Waals surface area contributed by atoms with Crippen LogP contribution >= 0.6 is 15.9 Å². The highest BCUT2D eigenvalue weighted by atomic mass is 79.9. The summed E-state index contributed by atoms with van der Waals surface area (Å²) in [5.74, 6) is 1.57. The second kappa shape index (κ2) is 3.72. The van der Waals surface area contributed by atoms with Crippen LogP contribution < -0.4 is 5.32 Å². The molecule has 2 atom stereocenters. The maximum Gasteiger partial charge on any atom is 0.0410 e. The van der Waals surface area contributed by atoms with Crippen LogP contribution in [0.2, 0.25) is 0 Å². The molecule has 3 rings (SSSR count). The lowest BCUT2D eigenvalue weighted by molar-refractivity contribution is 0.536. The van der Waals surface area contributed by atoms with Gasteiger partial charge in [0.2, 0.25) is 0 Å². The second-order valence-corrected chi connectivity index (χ2v) is 5.29. The summed E-state index contributed by atoms with van der Waals surface area (Å²) in [5.41, 5.74) is 2.75. The Labute approximate surface area is 97.9 Å². The van der Waals surface area contributed by atoms with Crippen molar-refractivity contribution in [2.24, 2.45) is 11.8 Å². The van der Waals surface area contributed by atoms with Crippen LogP contribution in [-0.4, -0.2) is 18.1 Å². The molecule has 2 aliphatic rings. The van der Waals surface area contributed by atoms with Gasteiger partial charge in [-0.3, -0.25) is 4.98 Å². The van der Waals surface area contributed by atoms with Crippen LogP contribution in [0.3, 0.4) is 0 Å². The first-order valence-corrected chi connectivity index (χ1v) is 6.14. The van der Waals surface area contributed by atoms with Crippen molar-refractivity contribution in [1.82, 2.24) is 10.3 Å². The van der Waals surface area contributed by atoms with E-state index in [0.717, 1.165) is 22.9 Å². The molecule has 0 bridgehead atoms. The van der Waals surface area contributed by atoms with E-state index in [2.05, 4.69) is 38.4 Å². The highest BCUT2D eigenvalue weighted by Gasteiger charge is 2.31. The maximum atomic E-state index is 4.22. The molecule has 1 aliphatic carbocycles. The lowest BCUT2D eigenvalue weighted by atomic mass is 9.99. The number of rotatable bonds is 1. The number of nitrogens with one attached hydrogen (secondary N) is 1. The van der Waals surface area contributed by atoms with Gasteiger partial charge in [0.25, 0.3) is 0 Å². The number of aromatic nitrogens is 1. The zero-order chi connectivity index (χ0) is 10.3. The van der Waals surface area contributed by atoms with Crippen LogP contribution in [0.5, 0.6) is 0 Å². The van der Waals surface area contributed by atoms with Crippen molar-refractivity contribution in [3.63, 3.8) is 0 Å². The van der Waals surface area contributed by atoms with Crippen LogP contribution in [0.25, 0.3) is 5.57 Å². The van der Waals surface area contributed by atoms with Gasteiger partial charge in [-0.1, -0.05) is 6.08 Å². The summed E-state index contributed by atoms with van der Waals surface area (Å²) >= 11 is 3.47. The van der Waals surface area contributed by atoms with Crippen molar-refractivity contribution in [3.05, 3.63) is 34.6 Å². The van der Waals surface area contributed by atoms with E-state index in [0.29, 0.717) is 0 Å². The Morgan fingerprint density at radius 1 is 1.33 bits per heavy atom. The SMILES string of the molecule is Brc1cncc(C2=C[C@H]3CNC[C@H]3C2)c1. The van der Waals surface area contributed by atoms with E-state index in [-0.39, 0.29) is 0 Å². The average molecular weight is 265 g/mol. The first kappa shape index (κ1) is 9.55. The van der Waals surface area contributed by atoms with E-state index in [1.807, 2.05) is 12.4 Å². The first-order valence-electron chi connectivity index (χ1n) is 5.35. The first-order chi connectivity index (χ1) is 7.33. The molecule has 0 unspecified atom stereocenters. The average Bonchev–Trinajstić information content (AvgIpc) is 2.76. The predicted molar refractivity (Wildman–Crippen MR) is 64.4 cm³/mol. The van der Waals surface area contributed by atoms with Crippen LogP contribution in [-0.2, 0) is 0 Å². The smallest absolute Gasteiger partial charge is 0.0410 e. The fourth-order valence-electron chi connectivity index (χ4n) is 2.58. The molecular formula is C12H13BrN2. The number of hydrogen-bond donors (Lipinski definition) is 1. The second-order valence-electron chi connectivity index (χ2n) is 4.37. The Bertz CT molecular complexity index is 414. The molecule has 1 aromatic rings. The lowest BCUT2D eigenvalue weighted by Crippen LogP contribution is -2.09. The number of hydrogen-bond acceptors (Lipinski definition) is 2. The summed E-state index contributed by atoms with van der Waals surface area (Å²) in [6, 6.07) is 2.16. The minimum atomic E-state index is 0.749. The Morgan fingerprint density at radius 2 is 2.27 bits per heavy atom. The molecule has 0 amide bonds. The molecule has 0 saturated carbocycles. The van der Waals surface area contributed by atoms with E-state index in [9.17, 15) is 0 Å². The van der Waals surface area contributed by atoms with Crippen LogP contribution in [0.1, 0.15) is 12.0 Å². The van der Waals surface area contributed by atoms with Crippen LogP contribution in [0.15, 0.2) is 29.0 Å². The van der Waals surface area contributed by atoms with E-state index in [1.165, 1.54) is 24.1 Å². The zero-order valence-corrected chi connectivity index (χ0v) is 10.00. The number of fused-ring (bicyclic) bond motifs is 1. The molecule has 3 heteroatoms. The Hall–Kier alpha value is -0.670. The van der Waals surface area contributed by atoms with Gasteiger partial charge in [0.1, 0.15) is 0 Å². The molecule has 78 valence electrons. The standard InChI is InChI=1S/C12H13BrN2/c13-12-3-11(6-15-7-12)8-1-9-4-14-5-10(9)2-8/h1,3,6-7,9-10,14H,2,4-5H2/t9-,10+/m0/s1. The quantitative estimate of drug-likeness (QED) is 0.843. The summed E-state index contributed by atoms with van der Waals surface area (Å²) < 4.78 is 1.07. The predicted octanol–water partition coefficient (Wildman–Crippen LogP) is 2.47. The third-order valence-corrected chi connectivity index (χ3v) is 3.80. The summed E-state index contributed by atoms with van der Waals surface area (Å²) in [6.45, 7) is 2.32. The number of nitrogens with zero attached hydrogens (tertiary/aromatic N) is 1. The fraction of sp³-hybridized carbons (Fsp3) is 0.417. The lowest BCUT2D eigenvalue weighted by Gasteiger charge is -2.06. The number of halogens is 1. The van der Waals surface area contributed by atoms with Crippen molar-refractivity contribution < 1.29 is 0 Å². The molecule has 1 saturated heterocycles. The monoisotopic (exact) mass is 264 g/mol. The molecule has 1 N–H and O–H groups in total. The summed E-state index contributed by atoms with van der Waals surface area (Å²) in [7, 11) is 0. The van der Waals surface area contributed by atoms with Gasteiger partial charge in [0.15, 0.2) is 0 Å². The molecule has 0 radical (unpaired) electrons. The van der Waals surface area contributed by atoms with E-state index in [4.69, 9.17) is 0 Å². The Kier molecular flexibility index (Phi) is 2.37. The Balaban J connectivity index is 1.90. The van der Waals surface area contributed by atoms with Crippen LogP contribution in [0.4, 0.5) is 0 Å². The Morgan fingerprint density at radius 3 is 3.07 bits per heavy atom. The van der Waals surface area contributed by atoms with Crippen molar-refractivity contribution in [1.29, 1.82) is 0 Å².